The van der Waals surface area contributed by atoms with Gasteiger partial charge < -0.3 is 4.57 Å². The fraction of sp³-hybridized carbons (Fsp3) is 0.400. The van der Waals surface area contributed by atoms with Gasteiger partial charge in [-0.25, -0.2) is 10.4 Å². The Hall–Kier alpha value is -2.17. The molecule has 0 atom stereocenters. The third-order valence-corrected chi connectivity index (χ3v) is 3.61. The van der Waals surface area contributed by atoms with Crippen LogP contribution in [0, 0.1) is 0 Å². The van der Waals surface area contributed by atoms with Crippen molar-refractivity contribution in [2.24, 2.45) is 5.10 Å². The van der Waals surface area contributed by atoms with Crippen molar-refractivity contribution in [3.63, 3.8) is 0 Å². The molecule has 20 heavy (non-hydrogen) atoms. The van der Waals surface area contributed by atoms with Gasteiger partial charge in [-0.05, 0) is 37.8 Å². The molecule has 1 amide bonds. The highest BCUT2D eigenvalue weighted by Gasteiger charge is 2.09. The van der Waals surface area contributed by atoms with Crippen LogP contribution in [-0.4, -0.2) is 21.2 Å². The Morgan fingerprint density at radius 1 is 1.25 bits per heavy atom. The summed E-state index contributed by atoms with van der Waals surface area (Å²) in [5, 5.41) is 4.23. The lowest BCUT2D eigenvalue weighted by atomic mass is 9.99. The molecule has 0 unspecified atom stereocenters. The topological polar surface area (TPSA) is 59.3 Å². The average molecular weight is 270 g/mol. The smallest absolute Gasteiger partial charge is 0.260 e. The third kappa shape index (κ3) is 2.87. The second-order valence-electron chi connectivity index (χ2n) is 5.13. The first-order chi connectivity index (χ1) is 9.83. The van der Waals surface area contributed by atoms with Crippen molar-refractivity contribution in [2.45, 2.75) is 38.6 Å². The number of hydrogen-bond acceptors (Lipinski definition) is 3. The Labute approximate surface area is 117 Å². The number of benzene rings is 1. The van der Waals surface area contributed by atoms with Crippen LogP contribution in [0.1, 0.15) is 32.1 Å². The largest absolute Gasteiger partial charge is 0.321 e. The maximum absolute atomic E-state index is 11.9. The van der Waals surface area contributed by atoms with Crippen molar-refractivity contribution in [1.29, 1.82) is 0 Å². The average Bonchev–Trinajstić information content (AvgIpc) is 2.90. The molecule has 0 aliphatic heterocycles. The maximum atomic E-state index is 11.9. The molecule has 0 spiro atoms. The van der Waals surface area contributed by atoms with E-state index in [1.165, 1.54) is 19.3 Å². The summed E-state index contributed by atoms with van der Waals surface area (Å²) < 4.78 is 1.84. The van der Waals surface area contributed by atoms with E-state index in [1.54, 1.807) is 6.33 Å². The van der Waals surface area contributed by atoms with Gasteiger partial charge in [0.1, 0.15) is 6.54 Å². The minimum absolute atomic E-state index is 0.105. The minimum atomic E-state index is -0.105. The number of nitrogens with zero attached hydrogens (tertiary/aromatic N) is 3. The van der Waals surface area contributed by atoms with Gasteiger partial charge >= 0.3 is 0 Å². The lowest BCUT2D eigenvalue weighted by Crippen LogP contribution is -2.24. The summed E-state index contributed by atoms with van der Waals surface area (Å²) in [6, 6.07) is 7.78. The van der Waals surface area contributed by atoms with Crippen LogP contribution in [0.4, 0.5) is 0 Å². The molecular formula is C15H18N4O. The number of rotatable bonds is 3. The van der Waals surface area contributed by atoms with Crippen LogP contribution in [0.5, 0.6) is 0 Å². The van der Waals surface area contributed by atoms with E-state index in [0.717, 1.165) is 29.6 Å². The van der Waals surface area contributed by atoms with Crippen molar-refractivity contribution >= 4 is 22.7 Å². The minimum Gasteiger partial charge on any atom is -0.321 e. The molecule has 1 aliphatic rings. The van der Waals surface area contributed by atoms with Gasteiger partial charge in [-0.3, -0.25) is 4.79 Å². The van der Waals surface area contributed by atoms with E-state index in [0.29, 0.717) is 0 Å². The molecule has 1 N–H and O–H groups in total. The summed E-state index contributed by atoms with van der Waals surface area (Å²) in [5.41, 5.74) is 5.63. The molecule has 1 aliphatic carbocycles. The van der Waals surface area contributed by atoms with Crippen LogP contribution in [0.3, 0.4) is 0 Å². The van der Waals surface area contributed by atoms with Gasteiger partial charge in [0.2, 0.25) is 0 Å². The Balaban J connectivity index is 1.64. The number of hydrazone groups is 1. The summed E-state index contributed by atoms with van der Waals surface area (Å²) in [5.74, 6) is -0.105. The second-order valence-corrected chi connectivity index (χ2v) is 5.13. The van der Waals surface area contributed by atoms with Crippen LogP contribution in [0.15, 0.2) is 35.7 Å². The van der Waals surface area contributed by atoms with Crippen molar-refractivity contribution < 1.29 is 4.79 Å². The van der Waals surface area contributed by atoms with Gasteiger partial charge in [-0.15, -0.1) is 0 Å². The number of carbonyl (C=O) groups excluding carboxylic acids is 1. The van der Waals surface area contributed by atoms with Gasteiger partial charge in [-0.2, -0.15) is 5.10 Å². The number of fused-ring (bicyclic) bond motifs is 1. The number of para-hydroxylation sites is 2. The predicted octanol–water partition coefficient (Wildman–Crippen LogP) is 2.47. The predicted molar refractivity (Wildman–Crippen MR) is 78.4 cm³/mol. The van der Waals surface area contributed by atoms with Crippen molar-refractivity contribution in [3.05, 3.63) is 30.6 Å². The van der Waals surface area contributed by atoms with Crippen molar-refractivity contribution in [1.82, 2.24) is 15.0 Å². The van der Waals surface area contributed by atoms with E-state index in [1.807, 2.05) is 28.8 Å². The van der Waals surface area contributed by atoms with Crippen molar-refractivity contribution in [2.75, 3.05) is 0 Å². The monoisotopic (exact) mass is 270 g/mol. The lowest BCUT2D eigenvalue weighted by molar-refractivity contribution is -0.121. The van der Waals surface area contributed by atoms with Crippen LogP contribution in [0.25, 0.3) is 11.0 Å². The standard InChI is InChI=1S/C15H18N4O/c20-15(18-17-12-6-2-1-3-7-12)10-19-11-16-13-8-4-5-9-14(13)19/h4-5,8-9,11H,1-3,6-7,10H2,(H,18,20). The quantitative estimate of drug-likeness (QED) is 0.871. The summed E-state index contributed by atoms with van der Waals surface area (Å²) in [4.78, 5) is 16.2. The summed E-state index contributed by atoms with van der Waals surface area (Å²) in [6.45, 7) is 0.247. The third-order valence-electron chi connectivity index (χ3n) is 3.61. The second kappa shape index (κ2) is 5.86. The molecule has 1 aromatic heterocycles. The Kier molecular flexibility index (Phi) is 3.76. The molecule has 0 saturated heterocycles. The molecule has 0 radical (unpaired) electrons. The number of hydrogen-bond donors (Lipinski definition) is 1. The van der Waals surface area contributed by atoms with E-state index in [2.05, 4.69) is 15.5 Å². The highest BCUT2D eigenvalue weighted by atomic mass is 16.2. The van der Waals surface area contributed by atoms with Gasteiger partial charge in [-0.1, -0.05) is 18.6 Å². The van der Waals surface area contributed by atoms with Crippen LogP contribution in [0.2, 0.25) is 0 Å². The van der Waals surface area contributed by atoms with E-state index in [9.17, 15) is 4.79 Å². The number of amides is 1. The SMILES string of the molecule is O=C(Cn1cnc2ccccc21)NN=C1CCCCC1. The van der Waals surface area contributed by atoms with E-state index < -0.39 is 0 Å². The first-order valence-electron chi connectivity index (χ1n) is 7.07. The molecule has 1 fully saturated rings. The molecular weight excluding hydrogens is 252 g/mol. The maximum Gasteiger partial charge on any atom is 0.260 e. The zero-order chi connectivity index (χ0) is 13.8. The van der Waals surface area contributed by atoms with Crippen LogP contribution >= 0.6 is 0 Å². The fourth-order valence-electron chi connectivity index (χ4n) is 2.54. The van der Waals surface area contributed by atoms with E-state index >= 15 is 0 Å². The first-order valence-corrected chi connectivity index (χ1v) is 7.07. The molecule has 5 nitrogen and oxygen atoms in total. The zero-order valence-corrected chi connectivity index (χ0v) is 11.4. The highest BCUT2D eigenvalue weighted by Crippen LogP contribution is 2.14. The summed E-state index contributed by atoms with van der Waals surface area (Å²) in [7, 11) is 0. The zero-order valence-electron chi connectivity index (χ0n) is 11.4. The van der Waals surface area contributed by atoms with Gasteiger partial charge in [0.25, 0.3) is 5.91 Å². The van der Waals surface area contributed by atoms with Crippen LogP contribution in [-0.2, 0) is 11.3 Å². The Bertz CT molecular complexity index is 636. The molecule has 5 heteroatoms. The Morgan fingerprint density at radius 3 is 2.90 bits per heavy atom. The molecule has 1 heterocycles. The number of aromatic nitrogens is 2. The highest BCUT2D eigenvalue weighted by molar-refractivity contribution is 5.87. The number of imidazole rings is 1. The van der Waals surface area contributed by atoms with E-state index in [4.69, 9.17) is 0 Å². The first kappa shape index (κ1) is 12.8. The molecule has 1 aromatic carbocycles. The molecule has 2 aromatic rings. The fourth-order valence-corrected chi connectivity index (χ4v) is 2.54. The molecule has 104 valence electrons. The van der Waals surface area contributed by atoms with Crippen LogP contribution < -0.4 is 5.43 Å². The molecule has 1 saturated carbocycles. The van der Waals surface area contributed by atoms with Crippen molar-refractivity contribution in [3.8, 4) is 0 Å². The summed E-state index contributed by atoms with van der Waals surface area (Å²) >= 11 is 0. The normalized spacial score (nSPS) is 15.3. The van der Waals surface area contributed by atoms with E-state index in [-0.39, 0.29) is 12.5 Å². The number of carbonyl (C=O) groups is 1. The van der Waals surface area contributed by atoms with Gasteiger partial charge in [0.15, 0.2) is 0 Å². The van der Waals surface area contributed by atoms with Gasteiger partial charge in [0, 0.05) is 5.71 Å². The number of nitrogens with one attached hydrogen (secondary N) is 1. The molecule has 0 bridgehead atoms. The van der Waals surface area contributed by atoms with Gasteiger partial charge in [0.05, 0.1) is 17.4 Å². The molecule has 3 rings (SSSR count). The Morgan fingerprint density at radius 2 is 2.05 bits per heavy atom. The lowest BCUT2D eigenvalue weighted by Gasteiger charge is -2.12. The summed E-state index contributed by atoms with van der Waals surface area (Å²) in [6.07, 6.45) is 7.34.